The average Bonchev–Trinajstić information content (AvgIpc) is 3.36. The third-order valence-corrected chi connectivity index (χ3v) is 6.67. The van der Waals surface area contributed by atoms with Gasteiger partial charge in [0.25, 0.3) is 15.6 Å². The van der Waals surface area contributed by atoms with Crippen molar-refractivity contribution in [3.8, 4) is 5.82 Å². The van der Waals surface area contributed by atoms with Gasteiger partial charge in [0.2, 0.25) is 0 Å². The van der Waals surface area contributed by atoms with Gasteiger partial charge in [0.15, 0.2) is 10.8 Å². The molecular formula is C17H21N7O3S. The molecule has 0 aliphatic carbocycles. The summed E-state index contributed by atoms with van der Waals surface area (Å²) < 4.78 is 31.4. The lowest BCUT2D eigenvalue weighted by Crippen LogP contribution is -2.40. The van der Waals surface area contributed by atoms with Crippen LogP contribution in [0.2, 0.25) is 0 Å². The lowest BCUT2D eigenvalue weighted by Gasteiger charge is -2.30. The fourth-order valence-corrected chi connectivity index (χ4v) is 4.76. The van der Waals surface area contributed by atoms with Gasteiger partial charge in [-0.3, -0.25) is 4.79 Å². The lowest BCUT2D eigenvalue weighted by atomic mass is 9.98. The number of piperidine rings is 1. The van der Waals surface area contributed by atoms with E-state index in [4.69, 9.17) is 0 Å². The standard InChI is InChI=1S/C17H21N7O3S/c1-21-12-16(18-13-21)28(26,27)22-9-5-14(6-10-22)11-24-17(25)4-3-15(20-24)23-8-2-7-19-23/h2-4,7-8,12-14H,5-6,9-11H2,1H3. The Bertz CT molecular complexity index is 1110. The number of aromatic nitrogens is 6. The molecule has 0 amide bonds. The molecule has 1 aliphatic rings. The molecule has 0 N–H and O–H groups in total. The van der Waals surface area contributed by atoms with E-state index in [1.165, 1.54) is 27.6 Å². The Labute approximate surface area is 162 Å². The van der Waals surface area contributed by atoms with Crippen molar-refractivity contribution in [2.75, 3.05) is 13.1 Å². The van der Waals surface area contributed by atoms with E-state index in [0.717, 1.165) is 0 Å². The first-order chi connectivity index (χ1) is 13.4. The molecular weight excluding hydrogens is 382 g/mol. The van der Waals surface area contributed by atoms with Crippen LogP contribution in [-0.2, 0) is 23.6 Å². The van der Waals surface area contributed by atoms with Crippen molar-refractivity contribution in [3.05, 3.63) is 53.5 Å². The zero-order valence-corrected chi connectivity index (χ0v) is 16.2. The van der Waals surface area contributed by atoms with Crippen LogP contribution in [0.3, 0.4) is 0 Å². The maximum Gasteiger partial charge on any atom is 0.266 e. The molecule has 1 saturated heterocycles. The van der Waals surface area contributed by atoms with Crippen LogP contribution in [0.25, 0.3) is 5.82 Å². The van der Waals surface area contributed by atoms with Gasteiger partial charge in [-0.15, -0.1) is 5.10 Å². The van der Waals surface area contributed by atoms with Crippen molar-refractivity contribution in [3.63, 3.8) is 0 Å². The van der Waals surface area contributed by atoms with Crippen LogP contribution < -0.4 is 5.56 Å². The van der Waals surface area contributed by atoms with Gasteiger partial charge >= 0.3 is 0 Å². The van der Waals surface area contributed by atoms with Gasteiger partial charge in [0.05, 0.1) is 6.33 Å². The SMILES string of the molecule is Cn1cnc(S(=O)(=O)N2CCC(Cn3nc(-n4cccn4)ccc3=O)CC2)c1. The van der Waals surface area contributed by atoms with Crippen LogP contribution in [-0.4, -0.2) is 54.9 Å². The number of rotatable bonds is 5. The second kappa shape index (κ2) is 7.32. The lowest BCUT2D eigenvalue weighted by molar-refractivity contribution is 0.244. The summed E-state index contributed by atoms with van der Waals surface area (Å²) in [4.78, 5) is 16.1. The molecule has 1 aliphatic heterocycles. The van der Waals surface area contributed by atoms with Crippen molar-refractivity contribution in [2.45, 2.75) is 24.4 Å². The molecule has 0 spiro atoms. The summed E-state index contributed by atoms with van der Waals surface area (Å²) in [5.74, 6) is 0.744. The first-order valence-electron chi connectivity index (χ1n) is 9.00. The summed E-state index contributed by atoms with van der Waals surface area (Å²) in [6, 6.07) is 4.90. The van der Waals surface area contributed by atoms with Crippen LogP contribution in [0.4, 0.5) is 0 Å². The quantitative estimate of drug-likeness (QED) is 0.605. The van der Waals surface area contributed by atoms with Gasteiger partial charge in [0, 0.05) is 51.3 Å². The second-order valence-electron chi connectivity index (χ2n) is 6.89. The van der Waals surface area contributed by atoms with Crippen molar-refractivity contribution in [1.29, 1.82) is 0 Å². The zero-order chi connectivity index (χ0) is 19.7. The Morgan fingerprint density at radius 2 is 2.00 bits per heavy atom. The minimum Gasteiger partial charge on any atom is -0.339 e. The Morgan fingerprint density at radius 3 is 2.64 bits per heavy atom. The molecule has 0 radical (unpaired) electrons. The van der Waals surface area contributed by atoms with E-state index < -0.39 is 10.0 Å². The molecule has 0 saturated carbocycles. The average molecular weight is 403 g/mol. The van der Waals surface area contributed by atoms with Crippen LogP contribution in [0.15, 0.2) is 52.9 Å². The number of aryl methyl sites for hydroxylation is 1. The predicted molar refractivity (Wildman–Crippen MR) is 100 cm³/mol. The summed E-state index contributed by atoms with van der Waals surface area (Å²) in [5.41, 5.74) is -0.181. The van der Waals surface area contributed by atoms with E-state index in [1.807, 2.05) is 0 Å². The van der Waals surface area contributed by atoms with E-state index >= 15 is 0 Å². The maximum atomic E-state index is 12.7. The molecule has 148 valence electrons. The molecule has 3 aromatic heterocycles. The highest BCUT2D eigenvalue weighted by molar-refractivity contribution is 7.89. The maximum absolute atomic E-state index is 12.7. The fourth-order valence-electron chi connectivity index (χ4n) is 3.33. The highest BCUT2D eigenvalue weighted by Crippen LogP contribution is 2.23. The third kappa shape index (κ3) is 3.62. The molecule has 0 atom stereocenters. The molecule has 1 fully saturated rings. The van der Waals surface area contributed by atoms with Crippen molar-refractivity contribution in [1.82, 2.24) is 33.4 Å². The number of hydrogen-bond acceptors (Lipinski definition) is 6. The summed E-state index contributed by atoms with van der Waals surface area (Å²) in [5, 5.41) is 8.58. The molecule has 10 nitrogen and oxygen atoms in total. The highest BCUT2D eigenvalue weighted by Gasteiger charge is 2.31. The smallest absolute Gasteiger partial charge is 0.266 e. The van der Waals surface area contributed by atoms with Gasteiger partial charge in [0.1, 0.15) is 0 Å². The normalized spacial score (nSPS) is 16.5. The van der Waals surface area contributed by atoms with Gasteiger partial charge in [-0.05, 0) is 30.9 Å². The topological polar surface area (TPSA) is 108 Å². The van der Waals surface area contributed by atoms with Crippen molar-refractivity contribution >= 4 is 10.0 Å². The van der Waals surface area contributed by atoms with E-state index in [9.17, 15) is 13.2 Å². The Kier molecular flexibility index (Phi) is 4.85. The van der Waals surface area contributed by atoms with Gasteiger partial charge in [-0.1, -0.05) is 0 Å². The zero-order valence-electron chi connectivity index (χ0n) is 15.4. The van der Waals surface area contributed by atoms with E-state index in [2.05, 4.69) is 15.2 Å². The monoisotopic (exact) mass is 403 g/mol. The molecule has 0 unspecified atom stereocenters. The highest BCUT2D eigenvalue weighted by atomic mass is 32.2. The second-order valence-corrected chi connectivity index (χ2v) is 8.77. The van der Waals surface area contributed by atoms with Crippen LogP contribution in [0.1, 0.15) is 12.8 Å². The Hall–Kier alpha value is -2.79. The Morgan fingerprint density at radius 1 is 1.21 bits per heavy atom. The number of nitrogens with zero attached hydrogens (tertiary/aromatic N) is 7. The molecule has 0 aromatic carbocycles. The number of sulfonamides is 1. The third-order valence-electron chi connectivity index (χ3n) is 4.88. The molecule has 0 bridgehead atoms. The molecule has 11 heteroatoms. The van der Waals surface area contributed by atoms with Gasteiger partial charge in [-0.25, -0.2) is 22.8 Å². The van der Waals surface area contributed by atoms with E-state index in [1.54, 1.807) is 40.8 Å². The first-order valence-corrected chi connectivity index (χ1v) is 10.4. The number of imidazole rings is 1. The predicted octanol–water partition coefficient (Wildman–Crippen LogP) is 0.263. The fraction of sp³-hybridized carbons (Fsp3) is 0.412. The Balaban J connectivity index is 1.44. The minimum absolute atomic E-state index is 0.0678. The summed E-state index contributed by atoms with van der Waals surface area (Å²) in [6.07, 6.45) is 7.71. The molecule has 4 rings (SSSR count). The largest absolute Gasteiger partial charge is 0.339 e. The summed E-state index contributed by atoms with van der Waals surface area (Å²) in [6.45, 7) is 1.25. The van der Waals surface area contributed by atoms with Gasteiger partial charge < -0.3 is 4.57 Å². The minimum atomic E-state index is -3.58. The number of hydrogen-bond donors (Lipinski definition) is 0. The van der Waals surface area contributed by atoms with Crippen molar-refractivity contribution < 1.29 is 8.42 Å². The van der Waals surface area contributed by atoms with Crippen LogP contribution >= 0.6 is 0 Å². The molecule has 4 heterocycles. The van der Waals surface area contributed by atoms with Crippen LogP contribution in [0, 0.1) is 5.92 Å². The van der Waals surface area contributed by atoms with Gasteiger partial charge in [-0.2, -0.15) is 9.40 Å². The first kappa shape index (κ1) is 18.6. The van der Waals surface area contributed by atoms with E-state index in [0.29, 0.717) is 38.3 Å². The van der Waals surface area contributed by atoms with Crippen LogP contribution in [0.5, 0.6) is 0 Å². The molecule has 3 aromatic rings. The summed E-state index contributed by atoms with van der Waals surface area (Å²) in [7, 11) is -1.84. The molecule has 28 heavy (non-hydrogen) atoms. The van der Waals surface area contributed by atoms with E-state index in [-0.39, 0.29) is 16.5 Å². The summed E-state index contributed by atoms with van der Waals surface area (Å²) >= 11 is 0. The van der Waals surface area contributed by atoms with Crippen molar-refractivity contribution in [2.24, 2.45) is 13.0 Å².